The van der Waals surface area contributed by atoms with Crippen LogP contribution in [-0.2, 0) is 11.3 Å². The number of rotatable bonds is 4. The van der Waals surface area contributed by atoms with Gasteiger partial charge in [0.1, 0.15) is 0 Å². The van der Waals surface area contributed by atoms with Crippen LogP contribution in [0.25, 0.3) is 0 Å². The van der Waals surface area contributed by atoms with Crippen molar-refractivity contribution in [2.75, 3.05) is 36.4 Å². The van der Waals surface area contributed by atoms with Crippen molar-refractivity contribution < 1.29 is 9.59 Å². The van der Waals surface area contributed by atoms with Crippen LogP contribution in [-0.4, -0.2) is 43.0 Å². The highest BCUT2D eigenvalue weighted by Crippen LogP contribution is 2.19. The maximum atomic E-state index is 12.3. The van der Waals surface area contributed by atoms with Crippen molar-refractivity contribution in [1.82, 2.24) is 10.2 Å². The Morgan fingerprint density at radius 2 is 1.58 bits per heavy atom. The zero-order valence-electron chi connectivity index (χ0n) is 14.9. The van der Waals surface area contributed by atoms with Crippen molar-refractivity contribution >= 4 is 23.3 Å². The second-order valence-corrected chi connectivity index (χ2v) is 6.35. The average Bonchev–Trinajstić information content (AvgIpc) is 2.67. The third-order valence-electron chi connectivity index (χ3n) is 4.41. The molecular weight excluding hydrogens is 328 g/mol. The lowest BCUT2D eigenvalue weighted by molar-refractivity contribution is -0.114. The minimum atomic E-state index is -0.0760. The van der Waals surface area contributed by atoms with Crippen LogP contribution in [0.5, 0.6) is 0 Å². The molecule has 0 spiro atoms. The van der Waals surface area contributed by atoms with E-state index in [1.807, 2.05) is 59.5 Å². The topological polar surface area (TPSA) is 64.7 Å². The van der Waals surface area contributed by atoms with Crippen LogP contribution >= 0.6 is 0 Å². The molecule has 1 aliphatic heterocycles. The maximum absolute atomic E-state index is 12.3. The first kappa shape index (κ1) is 17.8. The minimum absolute atomic E-state index is 0.0190. The number of hydrogen-bond donors (Lipinski definition) is 2. The number of piperazine rings is 1. The average molecular weight is 352 g/mol. The number of carbonyl (C=O) groups is 2. The molecule has 136 valence electrons. The lowest BCUT2D eigenvalue weighted by atomic mass is 10.2. The van der Waals surface area contributed by atoms with Gasteiger partial charge in [-0.15, -0.1) is 0 Å². The van der Waals surface area contributed by atoms with Crippen molar-refractivity contribution in [1.29, 1.82) is 0 Å². The van der Waals surface area contributed by atoms with Crippen LogP contribution in [0.1, 0.15) is 12.5 Å². The Balaban J connectivity index is 1.47. The number of amides is 3. The molecule has 2 N–H and O–H groups in total. The van der Waals surface area contributed by atoms with Crippen LogP contribution in [0.2, 0.25) is 0 Å². The first-order chi connectivity index (χ1) is 12.6. The summed E-state index contributed by atoms with van der Waals surface area (Å²) in [6.45, 7) is 5.00. The predicted molar refractivity (Wildman–Crippen MR) is 103 cm³/mol. The molecule has 1 saturated heterocycles. The van der Waals surface area contributed by atoms with Gasteiger partial charge in [-0.3, -0.25) is 4.79 Å². The van der Waals surface area contributed by atoms with Gasteiger partial charge >= 0.3 is 6.03 Å². The second kappa shape index (κ2) is 8.38. The van der Waals surface area contributed by atoms with Gasteiger partial charge in [0.05, 0.1) is 0 Å². The number of benzene rings is 2. The predicted octanol–water partition coefficient (Wildman–Crippen LogP) is 2.68. The molecule has 3 rings (SSSR count). The van der Waals surface area contributed by atoms with Crippen molar-refractivity contribution in [3.05, 3.63) is 60.2 Å². The third kappa shape index (κ3) is 4.75. The van der Waals surface area contributed by atoms with E-state index in [2.05, 4.69) is 15.5 Å². The number of carbonyl (C=O) groups excluding carboxylic acids is 2. The van der Waals surface area contributed by atoms with Gasteiger partial charge in [-0.25, -0.2) is 4.79 Å². The standard InChI is InChI=1S/C20H24N4O2/c1-16(25)22-18-7-9-19(10-8-18)23-11-13-24(14-12-23)20(26)21-15-17-5-3-2-4-6-17/h2-10H,11-15H2,1H3,(H,21,26)(H,22,25). The molecule has 0 radical (unpaired) electrons. The van der Waals surface area contributed by atoms with E-state index in [9.17, 15) is 9.59 Å². The first-order valence-corrected chi connectivity index (χ1v) is 8.81. The number of nitrogens with one attached hydrogen (secondary N) is 2. The number of anilines is 2. The Hall–Kier alpha value is -3.02. The van der Waals surface area contributed by atoms with Crippen molar-refractivity contribution in [3.8, 4) is 0 Å². The summed E-state index contributed by atoms with van der Waals surface area (Å²) in [5, 5.41) is 5.74. The lowest BCUT2D eigenvalue weighted by Crippen LogP contribution is -2.51. The highest BCUT2D eigenvalue weighted by Gasteiger charge is 2.21. The van der Waals surface area contributed by atoms with Crippen LogP contribution in [0.4, 0.5) is 16.2 Å². The largest absolute Gasteiger partial charge is 0.368 e. The molecule has 2 aromatic rings. The van der Waals surface area contributed by atoms with Gasteiger partial charge in [-0.2, -0.15) is 0 Å². The molecule has 0 aliphatic carbocycles. The zero-order valence-corrected chi connectivity index (χ0v) is 14.9. The van der Waals surface area contributed by atoms with E-state index < -0.39 is 0 Å². The Kier molecular flexibility index (Phi) is 5.73. The Labute approximate surface area is 153 Å². The van der Waals surface area contributed by atoms with Gasteiger partial charge in [0.15, 0.2) is 0 Å². The highest BCUT2D eigenvalue weighted by molar-refractivity contribution is 5.88. The zero-order chi connectivity index (χ0) is 18.4. The quantitative estimate of drug-likeness (QED) is 0.889. The minimum Gasteiger partial charge on any atom is -0.368 e. The third-order valence-corrected chi connectivity index (χ3v) is 4.41. The summed E-state index contributed by atoms with van der Waals surface area (Å²) in [7, 11) is 0. The molecule has 26 heavy (non-hydrogen) atoms. The van der Waals surface area contributed by atoms with Gasteiger partial charge < -0.3 is 20.4 Å². The van der Waals surface area contributed by atoms with Gasteiger partial charge in [-0.1, -0.05) is 30.3 Å². The van der Waals surface area contributed by atoms with Crippen molar-refractivity contribution in [3.63, 3.8) is 0 Å². The molecule has 1 fully saturated rings. The van der Waals surface area contributed by atoms with E-state index in [1.165, 1.54) is 6.92 Å². The van der Waals surface area contributed by atoms with Crippen molar-refractivity contribution in [2.45, 2.75) is 13.5 Å². The molecule has 1 heterocycles. The summed E-state index contributed by atoms with van der Waals surface area (Å²) >= 11 is 0. The van der Waals surface area contributed by atoms with Crippen LogP contribution in [0, 0.1) is 0 Å². The molecular formula is C20H24N4O2. The van der Waals surface area contributed by atoms with Gasteiger partial charge in [0.2, 0.25) is 5.91 Å². The molecule has 6 heteroatoms. The fourth-order valence-electron chi connectivity index (χ4n) is 3.01. The maximum Gasteiger partial charge on any atom is 0.317 e. The number of nitrogens with zero attached hydrogens (tertiary/aromatic N) is 2. The van der Waals surface area contributed by atoms with Gasteiger partial charge in [0.25, 0.3) is 0 Å². The molecule has 3 amide bonds. The molecule has 2 aromatic carbocycles. The van der Waals surface area contributed by atoms with Gasteiger partial charge in [0, 0.05) is 51.0 Å². The first-order valence-electron chi connectivity index (χ1n) is 8.81. The van der Waals surface area contributed by atoms with E-state index in [0.717, 1.165) is 30.0 Å². The monoisotopic (exact) mass is 352 g/mol. The summed E-state index contributed by atoms with van der Waals surface area (Å²) in [6.07, 6.45) is 0. The van der Waals surface area contributed by atoms with E-state index >= 15 is 0 Å². The molecule has 6 nitrogen and oxygen atoms in total. The lowest BCUT2D eigenvalue weighted by Gasteiger charge is -2.36. The molecule has 0 bridgehead atoms. The van der Waals surface area contributed by atoms with E-state index in [0.29, 0.717) is 19.6 Å². The fraction of sp³-hybridized carbons (Fsp3) is 0.300. The molecule has 0 saturated carbocycles. The summed E-state index contributed by atoms with van der Waals surface area (Å²) in [6, 6.07) is 17.7. The smallest absolute Gasteiger partial charge is 0.317 e. The van der Waals surface area contributed by atoms with Crippen molar-refractivity contribution in [2.24, 2.45) is 0 Å². The molecule has 0 atom stereocenters. The fourth-order valence-corrected chi connectivity index (χ4v) is 3.01. The Morgan fingerprint density at radius 3 is 2.19 bits per heavy atom. The van der Waals surface area contributed by atoms with E-state index in [-0.39, 0.29) is 11.9 Å². The highest BCUT2D eigenvalue weighted by atomic mass is 16.2. The van der Waals surface area contributed by atoms with Crippen LogP contribution < -0.4 is 15.5 Å². The number of urea groups is 1. The van der Waals surface area contributed by atoms with Crippen LogP contribution in [0.15, 0.2) is 54.6 Å². The van der Waals surface area contributed by atoms with E-state index in [1.54, 1.807) is 0 Å². The Bertz CT molecular complexity index is 738. The summed E-state index contributed by atoms with van der Waals surface area (Å²) in [4.78, 5) is 27.5. The van der Waals surface area contributed by atoms with E-state index in [4.69, 9.17) is 0 Å². The second-order valence-electron chi connectivity index (χ2n) is 6.35. The molecule has 0 unspecified atom stereocenters. The summed E-state index contributed by atoms with van der Waals surface area (Å²) in [5.41, 5.74) is 2.99. The molecule has 1 aliphatic rings. The summed E-state index contributed by atoms with van der Waals surface area (Å²) < 4.78 is 0. The molecule has 0 aromatic heterocycles. The van der Waals surface area contributed by atoms with Crippen LogP contribution in [0.3, 0.4) is 0 Å². The number of hydrogen-bond acceptors (Lipinski definition) is 3. The Morgan fingerprint density at radius 1 is 0.923 bits per heavy atom. The summed E-state index contributed by atoms with van der Waals surface area (Å²) in [5.74, 6) is -0.0760. The normalized spacial score (nSPS) is 14.0. The SMILES string of the molecule is CC(=O)Nc1ccc(N2CCN(C(=O)NCc3ccccc3)CC2)cc1. The van der Waals surface area contributed by atoms with Gasteiger partial charge in [-0.05, 0) is 29.8 Å².